The predicted octanol–water partition coefficient (Wildman–Crippen LogP) is 4.08. The first-order valence-electron chi connectivity index (χ1n) is 10.7. The molecule has 144 valence electrons. The molecule has 3 nitrogen and oxygen atoms in total. The van der Waals surface area contributed by atoms with Gasteiger partial charge in [-0.1, -0.05) is 67.1 Å². The highest BCUT2D eigenvalue weighted by Crippen LogP contribution is 2.44. The summed E-state index contributed by atoms with van der Waals surface area (Å²) in [6, 6.07) is 22.5. The number of nitrogens with one attached hydrogen (secondary N) is 3. The number of hydrazine groups is 1. The van der Waals surface area contributed by atoms with E-state index in [9.17, 15) is 0 Å². The van der Waals surface area contributed by atoms with Gasteiger partial charge in [-0.2, -0.15) is 0 Å². The normalized spacial score (nSPS) is 24.0. The number of rotatable bonds is 10. The molecule has 3 unspecified atom stereocenters. The molecule has 3 atom stereocenters. The zero-order valence-electron chi connectivity index (χ0n) is 16.2. The Balaban J connectivity index is 1.17. The van der Waals surface area contributed by atoms with Crippen molar-refractivity contribution in [2.75, 3.05) is 19.6 Å². The standard InChI is InChI=1S/C24H33N3/c1-3-7-20(8-4-1)23(21-9-5-2-6-10-21)13-14-26-27-16-15-25-24-18-19-11-12-22(24)17-19/h1-10,19,22-27H,11-18H2. The molecule has 2 aliphatic rings. The second-order valence-corrected chi connectivity index (χ2v) is 8.25. The van der Waals surface area contributed by atoms with Crippen LogP contribution in [0.1, 0.15) is 49.1 Å². The number of hydrogen-bond acceptors (Lipinski definition) is 3. The van der Waals surface area contributed by atoms with Gasteiger partial charge >= 0.3 is 0 Å². The third kappa shape index (κ3) is 4.98. The zero-order valence-corrected chi connectivity index (χ0v) is 16.2. The summed E-state index contributed by atoms with van der Waals surface area (Å²) >= 11 is 0. The molecule has 0 aliphatic heterocycles. The highest BCUT2D eigenvalue weighted by Gasteiger charge is 2.38. The molecule has 0 radical (unpaired) electrons. The van der Waals surface area contributed by atoms with Crippen molar-refractivity contribution in [2.24, 2.45) is 11.8 Å². The Morgan fingerprint density at radius 2 is 1.41 bits per heavy atom. The number of benzene rings is 2. The van der Waals surface area contributed by atoms with E-state index in [4.69, 9.17) is 0 Å². The van der Waals surface area contributed by atoms with Gasteiger partial charge in [-0.25, -0.2) is 0 Å². The van der Waals surface area contributed by atoms with Crippen LogP contribution in [0.25, 0.3) is 0 Å². The van der Waals surface area contributed by atoms with Crippen LogP contribution in [-0.4, -0.2) is 25.7 Å². The first kappa shape index (κ1) is 18.7. The maximum atomic E-state index is 3.76. The lowest BCUT2D eigenvalue weighted by Crippen LogP contribution is -2.42. The molecule has 27 heavy (non-hydrogen) atoms. The van der Waals surface area contributed by atoms with E-state index in [1.807, 2.05) is 0 Å². The van der Waals surface area contributed by atoms with E-state index in [1.165, 1.54) is 36.8 Å². The van der Waals surface area contributed by atoms with E-state index in [0.717, 1.165) is 43.9 Å². The van der Waals surface area contributed by atoms with Gasteiger partial charge in [0.05, 0.1) is 0 Å². The van der Waals surface area contributed by atoms with Crippen LogP contribution in [0.2, 0.25) is 0 Å². The van der Waals surface area contributed by atoms with E-state index < -0.39 is 0 Å². The summed E-state index contributed by atoms with van der Waals surface area (Å²) in [6.07, 6.45) is 6.90. The molecular weight excluding hydrogens is 330 g/mol. The molecular formula is C24H33N3. The Hall–Kier alpha value is -1.68. The molecule has 0 heterocycles. The van der Waals surface area contributed by atoms with Gasteiger partial charge < -0.3 is 5.32 Å². The Kier molecular flexibility index (Phi) is 6.57. The fourth-order valence-corrected chi connectivity index (χ4v) is 5.10. The smallest absolute Gasteiger partial charge is 0.0225 e. The van der Waals surface area contributed by atoms with Crippen molar-refractivity contribution in [2.45, 2.75) is 44.1 Å². The minimum Gasteiger partial charge on any atom is -0.312 e. The second kappa shape index (κ2) is 9.50. The average molecular weight is 364 g/mol. The van der Waals surface area contributed by atoms with Crippen molar-refractivity contribution in [3.05, 3.63) is 71.8 Å². The van der Waals surface area contributed by atoms with Crippen LogP contribution >= 0.6 is 0 Å². The molecule has 4 rings (SSSR count). The Morgan fingerprint density at radius 1 is 0.741 bits per heavy atom. The fourth-order valence-electron chi connectivity index (χ4n) is 5.10. The minimum atomic E-state index is 0.439. The van der Waals surface area contributed by atoms with Crippen molar-refractivity contribution in [3.63, 3.8) is 0 Å². The molecule has 3 heteroatoms. The van der Waals surface area contributed by atoms with Gasteiger partial charge in [0.1, 0.15) is 0 Å². The molecule has 2 aliphatic carbocycles. The lowest BCUT2D eigenvalue weighted by molar-refractivity contribution is 0.348. The Bertz CT molecular complexity index is 633. The van der Waals surface area contributed by atoms with Gasteiger partial charge in [0, 0.05) is 31.6 Å². The first-order valence-corrected chi connectivity index (χ1v) is 10.7. The van der Waals surface area contributed by atoms with E-state index in [1.54, 1.807) is 0 Å². The molecule has 0 spiro atoms. The molecule has 2 aromatic carbocycles. The lowest BCUT2D eigenvalue weighted by atomic mass is 9.89. The summed E-state index contributed by atoms with van der Waals surface area (Å²) in [6.45, 7) is 3.00. The highest BCUT2D eigenvalue weighted by molar-refractivity contribution is 5.32. The average Bonchev–Trinajstić information content (AvgIpc) is 3.35. The quantitative estimate of drug-likeness (QED) is 0.440. The van der Waals surface area contributed by atoms with Gasteiger partial charge in [-0.05, 0) is 48.6 Å². The van der Waals surface area contributed by atoms with Crippen LogP contribution in [0.15, 0.2) is 60.7 Å². The van der Waals surface area contributed by atoms with E-state index in [0.29, 0.717) is 5.92 Å². The molecule has 0 saturated heterocycles. The molecule has 3 N–H and O–H groups in total. The van der Waals surface area contributed by atoms with Crippen LogP contribution in [-0.2, 0) is 0 Å². The van der Waals surface area contributed by atoms with Crippen molar-refractivity contribution in [3.8, 4) is 0 Å². The summed E-state index contributed by atoms with van der Waals surface area (Å²) in [5.74, 6) is 2.42. The highest BCUT2D eigenvalue weighted by atomic mass is 15.3. The number of fused-ring (bicyclic) bond motifs is 2. The van der Waals surface area contributed by atoms with Crippen molar-refractivity contribution < 1.29 is 0 Å². The molecule has 0 aromatic heterocycles. The van der Waals surface area contributed by atoms with E-state index >= 15 is 0 Å². The van der Waals surface area contributed by atoms with Crippen molar-refractivity contribution in [1.82, 2.24) is 16.2 Å². The van der Waals surface area contributed by atoms with E-state index in [2.05, 4.69) is 76.8 Å². The monoisotopic (exact) mass is 363 g/mol. The van der Waals surface area contributed by atoms with Crippen molar-refractivity contribution in [1.29, 1.82) is 0 Å². The topological polar surface area (TPSA) is 36.1 Å². The van der Waals surface area contributed by atoms with Crippen LogP contribution in [0.5, 0.6) is 0 Å². The lowest BCUT2D eigenvalue weighted by Gasteiger charge is -2.23. The van der Waals surface area contributed by atoms with Gasteiger partial charge in [-0.15, -0.1) is 0 Å². The second-order valence-electron chi connectivity index (χ2n) is 8.25. The predicted molar refractivity (Wildman–Crippen MR) is 113 cm³/mol. The van der Waals surface area contributed by atoms with Crippen LogP contribution in [0.4, 0.5) is 0 Å². The largest absolute Gasteiger partial charge is 0.312 e. The summed E-state index contributed by atoms with van der Waals surface area (Å²) in [5, 5.41) is 3.76. The molecule has 2 bridgehead atoms. The molecule has 0 amide bonds. The fraction of sp³-hybridized carbons (Fsp3) is 0.500. The van der Waals surface area contributed by atoms with Crippen LogP contribution in [0, 0.1) is 11.8 Å². The van der Waals surface area contributed by atoms with Gasteiger partial charge in [0.25, 0.3) is 0 Å². The molecule has 2 saturated carbocycles. The number of hydrogen-bond donors (Lipinski definition) is 3. The van der Waals surface area contributed by atoms with Crippen LogP contribution < -0.4 is 16.2 Å². The third-order valence-electron chi connectivity index (χ3n) is 6.48. The summed E-state index contributed by atoms with van der Waals surface area (Å²) in [5.41, 5.74) is 9.61. The minimum absolute atomic E-state index is 0.439. The SMILES string of the molecule is c1ccc(C(CCNNCCNC2CC3CCC2C3)c2ccccc2)cc1. The zero-order chi connectivity index (χ0) is 18.3. The Labute approximate surface area is 163 Å². The van der Waals surface area contributed by atoms with Crippen molar-refractivity contribution >= 4 is 0 Å². The summed E-state index contributed by atoms with van der Waals surface area (Å²) in [7, 11) is 0. The molecule has 2 fully saturated rings. The van der Waals surface area contributed by atoms with Gasteiger partial charge in [0.2, 0.25) is 0 Å². The van der Waals surface area contributed by atoms with Gasteiger partial charge in [0.15, 0.2) is 0 Å². The van der Waals surface area contributed by atoms with E-state index in [-0.39, 0.29) is 0 Å². The van der Waals surface area contributed by atoms with Crippen LogP contribution in [0.3, 0.4) is 0 Å². The van der Waals surface area contributed by atoms with Gasteiger partial charge in [-0.3, -0.25) is 10.9 Å². The maximum Gasteiger partial charge on any atom is 0.0225 e. The first-order chi connectivity index (χ1) is 13.4. The maximum absolute atomic E-state index is 3.76. The molecule has 2 aromatic rings. The summed E-state index contributed by atoms with van der Waals surface area (Å²) in [4.78, 5) is 0. The summed E-state index contributed by atoms with van der Waals surface area (Å²) < 4.78 is 0. The third-order valence-corrected chi connectivity index (χ3v) is 6.48. The Morgan fingerprint density at radius 3 is 2.00 bits per heavy atom.